The van der Waals surface area contributed by atoms with Crippen LogP contribution in [-0.4, -0.2) is 0 Å². The standard InChI is InChI=1S/C10H15Cl2P/c1-6(2)7(11)8-9(13(8)12)10(3,4)5/h1-5H3. The van der Waals surface area contributed by atoms with Gasteiger partial charge in [-0.3, -0.25) is 0 Å². The highest BCUT2D eigenvalue weighted by atomic mass is 35.7. The molecule has 0 saturated heterocycles. The van der Waals surface area contributed by atoms with Gasteiger partial charge in [0.05, 0.1) is 7.27 Å². The third-order valence-electron chi connectivity index (χ3n) is 1.92. The van der Waals surface area contributed by atoms with Crippen LogP contribution in [0.2, 0.25) is 0 Å². The van der Waals surface area contributed by atoms with E-state index in [-0.39, 0.29) is 5.41 Å². The van der Waals surface area contributed by atoms with Crippen molar-refractivity contribution in [2.75, 3.05) is 0 Å². The van der Waals surface area contributed by atoms with Crippen LogP contribution in [0.25, 0.3) is 0 Å². The van der Waals surface area contributed by atoms with Crippen LogP contribution in [0, 0.1) is 5.41 Å². The van der Waals surface area contributed by atoms with Gasteiger partial charge >= 0.3 is 0 Å². The number of hydrogen-bond donors (Lipinski definition) is 0. The summed E-state index contributed by atoms with van der Waals surface area (Å²) in [6, 6.07) is 0. The Balaban J connectivity index is 2.99. The molecule has 0 aromatic rings. The van der Waals surface area contributed by atoms with Crippen molar-refractivity contribution in [2.45, 2.75) is 34.6 Å². The zero-order valence-electron chi connectivity index (χ0n) is 8.70. The Hall–Kier alpha value is 0.490. The molecule has 3 heteroatoms. The number of rotatable bonds is 1. The molecule has 0 amide bonds. The van der Waals surface area contributed by atoms with Crippen molar-refractivity contribution < 1.29 is 0 Å². The van der Waals surface area contributed by atoms with Gasteiger partial charge in [-0.25, -0.2) is 0 Å². The summed E-state index contributed by atoms with van der Waals surface area (Å²) in [4.78, 5) is 0. The molecule has 1 heterocycles. The fourth-order valence-corrected chi connectivity index (χ4v) is 5.21. The van der Waals surface area contributed by atoms with Gasteiger partial charge in [0.2, 0.25) is 0 Å². The predicted molar refractivity (Wildman–Crippen MR) is 63.5 cm³/mol. The summed E-state index contributed by atoms with van der Waals surface area (Å²) in [5.41, 5.74) is 1.34. The molecule has 1 aliphatic rings. The highest BCUT2D eigenvalue weighted by molar-refractivity contribution is 7.96. The molecule has 0 spiro atoms. The van der Waals surface area contributed by atoms with Crippen molar-refractivity contribution in [3.63, 3.8) is 0 Å². The minimum absolute atomic E-state index is 0.179. The Labute approximate surface area is 91.5 Å². The first-order valence-electron chi connectivity index (χ1n) is 4.31. The van der Waals surface area contributed by atoms with Gasteiger partial charge in [-0.1, -0.05) is 49.2 Å². The number of halogens is 2. The molecule has 0 N–H and O–H groups in total. The maximum Gasteiger partial charge on any atom is 0.0514 e. The van der Waals surface area contributed by atoms with Crippen LogP contribution in [0.3, 0.4) is 0 Å². The lowest BCUT2D eigenvalue weighted by Gasteiger charge is -2.12. The average molecular weight is 237 g/mol. The van der Waals surface area contributed by atoms with Crippen molar-refractivity contribution >= 4 is 30.1 Å². The highest BCUT2D eigenvalue weighted by Gasteiger charge is 2.43. The zero-order valence-corrected chi connectivity index (χ0v) is 11.1. The smallest absolute Gasteiger partial charge is 0.0514 e. The second kappa shape index (κ2) is 3.57. The maximum absolute atomic E-state index is 6.21. The van der Waals surface area contributed by atoms with E-state index in [4.69, 9.17) is 22.8 Å². The lowest BCUT2D eigenvalue weighted by molar-refractivity contribution is 0.538. The molecule has 1 unspecified atom stereocenters. The van der Waals surface area contributed by atoms with Gasteiger partial charge in [0, 0.05) is 10.3 Å². The summed E-state index contributed by atoms with van der Waals surface area (Å²) in [6.45, 7) is 10.6. The number of hydrogen-bond acceptors (Lipinski definition) is 0. The molecule has 0 radical (unpaired) electrons. The first-order chi connectivity index (χ1) is 5.76. The lowest BCUT2D eigenvalue weighted by Crippen LogP contribution is -2.00. The third-order valence-corrected chi connectivity index (χ3v) is 5.54. The molecule has 0 bridgehead atoms. The topological polar surface area (TPSA) is 0 Å². The van der Waals surface area contributed by atoms with Crippen LogP contribution >= 0.6 is 30.1 Å². The van der Waals surface area contributed by atoms with E-state index in [9.17, 15) is 0 Å². The van der Waals surface area contributed by atoms with Gasteiger partial charge in [-0.2, -0.15) is 0 Å². The molecular formula is C10H15Cl2P. The first-order valence-corrected chi connectivity index (χ1v) is 6.93. The van der Waals surface area contributed by atoms with E-state index in [0.29, 0.717) is 0 Å². The maximum atomic E-state index is 6.21. The van der Waals surface area contributed by atoms with Crippen LogP contribution in [0.1, 0.15) is 34.6 Å². The summed E-state index contributed by atoms with van der Waals surface area (Å²) < 4.78 is 0. The third kappa shape index (κ3) is 2.29. The second-order valence-corrected chi connectivity index (χ2v) is 7.39. The summed E-state index contributed by atoms with van der Waals surface area (Å²) in [7, 11) is -0.541. The molecule has 13 heavy (non-hydrogen) atoms. The van der Waals surface area contributed by atoms with E-state index in [0.717, 1.165) is 10.6 Å². The SMILES string of the molecule is CC(C)=C(Cl)C1=C(C(C)(C)C)P1Cl. The van der Waals surface area contributed by atoms with Gasteiger partial charge < -0.3 is 0 Å². The molecule has 0 aromatic carbocycles. The fourth-order valence-electron chi connectivity index (χ4n) is 1.22. The van der Waals surface area contributed by atoms with Crippen LogP contribution in [-0.2, 0) is 0 Å². The van der Waals surface area contributed by atoms with E-state index in [2.05, 4.69) is 20.8 Å². The van der Waals surface area contributed by atoms with Gasteiger partial charge in [-0.15, -0.1) is 0 Å². The van der Waals surface area contributed by atoms with Gasteiger partial charge in [-0.05, 0) is 24.6 Å². The molecule has 1 atom stereocenters. The summed E-state index contributed by atoms with van der Waals surface area (Å²) in [5, 5.41) is 3.45. The minimum Gasteiger partial charge on any atom is -0.0861 e. The molecule has 0 nitrogen and oxygen atoms in total. The van der Waals surface area contributed by atoms with Crippen molar-refractivity contribution in [1.29, 1.82) is 0 Å². The average Bonchev–Trinajstić information content (AvgIpc) is 2.58. The number of allylic oxidation sites excluding steroid dienone is 4. The Morgan fingerprint density at radius 3 is 1.92 bits per heavy atom. The van der Waals surface area contributed by atoms with Crippen molar-refractivity contribution in [1.82, 2.24) is 0 Å². The predicted octanol–water partition coefficient (Wildman–Crippen LogP) is 5.43. The van der Waals surface area contributed by atoms with Crippen molar-refractivity contribution in [3.8, 4) is 0 Å². The van der Waals surface area contributed by atoms with Crippen molar-refractivity contribution in [2.24, 2.45) is 5.41 Å². The second-order valence-electron chi connectivity index (χ2n) is 4.54. The van der Waals surface area contributed by atoms with E-state index in [1.54, 1.807) is 0 Å². The Morgan fingerprint density at radius 2 is 1.69 bits per heavy atom. The fraction of sp³-hybridized carbons (Fsp3) is 0.600. The van der Waals surface area contributed by atoms with Crippen LogP contribution in [0.15, 0.2) is 21.2 Å². The van der Waals surface area contributed by atoms with Gasteiger partial charge in [0.15, 0.2) is 0 Å². The molecule has 1 aliphatic heterocycles. The quantitative estimate of drug-likeness (QED) is 0.533. The van der Waals surface area contributed by atoms with Gasteiger partial charge in [0.1, 0.15) is 0 Å². The van der Waals surface area contributed by atoms with E-state index in [1.165, 1.54) is 10.6 Å². The first kappa shape index (κ1) is 11.6. The van der Waals surface area contributed by atoms with Crippen LogP contribution < -0.4 is 0 Å². The normalized spacial score (nSPS) is 21.9. The summed E-state index contributed by atoms with van der Waals surface area (Å²) >= 11 is 12.4. The Bertz CT molecular complexity index is 291. The van der Waals surface area contributed by atoms with Crippen LogP contribution in [0.5, 0.6) is 0 Å². The van der Waals surface area contributed by atoms with Crippen LogP contribution in [0.4, 0.5) is 0 Å². The minimum atomic E-state index is -0.541. The summed E-state index contributed by atoms with van der Waals surface area (Å²) in [6.07, 6.45) is 0. The lowest BCUT2D eigenvalue weighted by atomic mass is 9.96. The molecule has 1 rings (SSSR count). The Morgan fingerprint density at radius 1 is 1.23 bits per heavy atom. The van der Waals surface area contributed by atoms with E-state index < -0.39 is 7.27 Å². The molecular weight excluding hydrogens is 222 g/mol. The molecule has 0 fully saturated rings. The monoisotopic (exact) mass is 236 g/mol. The molecule has 0 saturated carbocycles. The van der Waals surface area contributed by atoms with E-state index >= 15 is 0 Å². The Kier molecular flexibility index (Phi) is 3.18. The molecule has 74 valence electrons. The largest absolute Gasteiger partial charge is 0.0861 e. The molecule has 0 aromatic heterocycles. The summed E-state index contributed by atoms with van der Waals surface area (Å²) in [5.74, 6) is 0. The van der Waals surface area contributed by atoms with E-state index in [1.807, 2.05) is 13.8 Å². The zero-order chi connectivity index (χ0) is 10.4. The highest BCUT2D eigenvalue weighted by Crippen LogP contribution is 2.80. The van der Waals surface area contributed by atoms with Crippen molar-refractivity contribution in [3.05, 3.63) is 21.2 Å². The molecule has 0 aliphatic carbocycles. The van der Waals surface area contributed by atoms with Gasteiger partial charge in [0.25, 0.3) is 0 Å².